The van der Waals surface area contributed by atoms with Crippen LogP contribution in [0.4, 0.5) is 4.79 Å². The second kappa shape index (κ2) is 14.6. The van der Waals surface area contributed by atoms with Crippen LogP contribution in [0.15, 0.2) is 0 Å². The summed E-state index contributed by atoms with van der Waals surface area (Å²) in [7, 11) is 0. The van der Waals surface area contributed by atoms with Crippen LogP contribution in [0, 0.1) is 0 Å². The molecule has 0 bridgehead atoms. The molecule has 1 amide bonds. The van der Waals surface area contributed by atoms with E-state index >= 15 is 0 Å². The highest BCUT2D eigenvalue weighted by molar-refractivity contribution is 14.1. The van der Waals surface area contributed by atoms with Gasteiger partial charge in [-0.15, -0.1) is 0 Å². The maximum atomic E-state index is 12.0. The molecule has 0 aliphatic rings. The lowest BCUT2D eigenvalue weighted by atomic mass is 10.0. The molecule has 0 saturated heterocycles. The lowest BCUT2D eigenvalue weighted by Crippen LogP contribution is -2.44. The van der Waals surface area contributed by atoms with Crippen LogP contribution in [0.25, 0.3) is 0 Å². The van der Waals surface area contributed by atoms with Crippen molar-refractivity contribution < 1.29 is 19.1 Å². The molecule has 1 unspecified atom stereocenters. The summed E-state index contributed by atoms with van der Waals surface area (Å²) in [6, 6.07) is -0.626. The molecule has 0 aliphatic carbocycles. The summed E-state index contributed by atoms with van der Waals surface area (Å²) in [5, 5.41) is 2.65. The van der Waals surface area contributed by atoms with Gasteiger partial charge in [-0.1, -0.05) is 67.5 Å². The number of alkyl carbamates (subject to hydrolysis) is 1. The Labute approximate surface area is 167 Å². The summed E-state index contributed by atoms with van der Waals surface area (Å²) in [5.41, 5.74) is -0.583. The molecule has 0 saturated carbocycles. The predicted octanol–water partition coefficient (Wildman–Crippen LogP) is 5.39. The van der Waals surface area contributed by atoms with Crippen molar-refractivity contribution in [2.45, 2.75) is 97.1 Å². The largest absolute Gasteiger partial charge is 0.464 e. The van der Waals surface area contributed by atoms with Crippen LogP contribution in [0.5, 0.6) is 0 Å². The van der Waals surface area contributed by atoms with Crippen molar-refractivity contribution in [3.8, 4) is 0 Å². The van der Waals surface area contributed by atoms with Gasteiger partial charge >= 0.3 is 12.1 Å². The van der Waals surface area contributed by atoms with E-state index in [0.29, 0.717) is 13.0 Å². The first-order chi connectivity index (χ1) is 11.8. The minimum Gasteiger partial charge on any atom is -0.464 e. The zero-order valence-corrected chi connectivity index (χ0v) is 18.5. The number of hydrogen-bond donors (Lipinski definition) is 1. The van der Waals surface area contributed by atoms with Crippen molar-refractivity contribution in [1.29, 1.82) is 0 Å². The van der Waals surface area contributed by atoms with Crippen LogP contribution in [0.3, 0.4) is 0 Å². The van der Waals surface area contributed by atoms with Gasteiger partial charge in [0.1, 0.15) is 11.6 Å². The van der Waals surface area contributed by atoms with E-state index in [4.69, 9.17) is 9.47 Å². The molecule has 0 rings (SSSR count). The Bertz CT molecular complexity index is 369. The quantitative estimate of drug-likeness (QED) is 0.170. The van der Waals surface area contributed by atoms with Crippen molar-refractivity contribution >= 4 is 34.7 Å². The highest BCUT2D eigenvalue weighted by atomic mass is 127. The number of ether oxygens (including phenoxy) is 2. The SMILES string of the molecule is CCOC(=O)C(CCCCCCCCCCI)NC(=O)OC(C)(C)C. The normalized spacial score (nSPS) is 12.5. The number of amides is 1. The molecule has 25 heavy (non-hydrogen) atoms. The minimum atomic E-state index is -0.626. The molecule has 0 aromatic carbocycles. The van der Waals surface area contributed by atoms with E-state index < -0.39 is 17.7 Å². The summed E-state index contributed by atoms with van der Waals surface area (Å²) < 4.78 is 11.5. The first kappa shape index (κ1) is 24.5. The summed E-state index contributed by atoms with van der Waals surface area (Å²) in [5.74, 6) is -0.382. The van der Waals surface area contributed by atoms with Gasteiger partial charge in [0.25, 0.3) is 0 Å². The second-order valence-corrected chi connectivity index (χ2v) is 8.34. The molecular formula is C19H36INO4. The standard InChI is InChI=1S/C19H36INO4/c1-5-24-17(22)16(21-18(23)25-19(2,3)4)14-12-10-8-6-7-9-11-13-15-20/h16H,5-15H2,1-4H3,(H,21,23). The lowest BCUT2D eigenvalue weighted by Gasteiger charge is -2.22. The Morgan fingerprint density at radius 1 is 0.960 bits per heavy atom. The maximum Gasteiger partial charge on any atom is 0.408 e. The molecule has 148 valence electrons. The van der Waals surface area contributed by atoms with Crippen molar-refractivity contribution in [2.75, 3.05) is 11.0 Å². The lowest BCUT2D eigenvalue weighted by molar-refractivity contribution is -0.145. The van der Waals surface area contributed by atoms with E-state index in [1.54, 1.807) is 27.7 Å². The maximum absolute atomic E-state index is 12.0. The minimum absolute atomic E-state index is 0.308. The number of unbranched alkanes of at least 4 members (excludes halogenated alkanes) is 7. The van der Waals surface area contributed by atoms with Crippen LogP contribution in [-0.2, 0) is 14.3 Å². The third-order valence-corrected chi connectivity index (χ3v) is 4.40. The molecule has 0 spiro atoms. The zero-order chi connectivity index (χ0) is 19.1. The monoisotopic (exact) mass is 469 g/mol. The molecule has 0 aliphatic heterocycles. The van der Waals surface area contributed by atoms with Gasteiger partial charge < -0.3 is 14.8 Å². The van der Waals surface area contributed by atoms with Crippen LogP contribution in [-0.4, -0.2) is 34.7 Å². The number of nitrogens with one attached hydrogen (secondary N) is 1. The number of alkyl halides is 1. The van der Waals surface area contributed by atoms with Crippen molar-refractivity contribution in [1.82, 2.24) is 5.32 Å². The first-order valence-electron chi connectivity index (χ1n) is 9.52. The first-order valence-corrected chi connectivity index (χ1v) is 11.0. The number of carbonyl (C=O) groups excluding carboxylic acids is 2. The van der Waals surface area contributed by atoms with Gasteiger partial charge in [-0.25, -0.2) is 9.59 Å². The zero-order valence-electron chi connectivity index (χ0n) is 16.4. The molecule has 1 N–H and O–H groups in total. The van der Waals surface area contributed by atoms with Gasteiger partial charge in [0.05, 0.1) is 6.61 Å². The molecule has 0 heterocycles. The van der Waals surface area contributed by atoms with Crippen LogP contribution in [0.2, 0.25) is 0 Å². The fourth-order valence-corrected chi connectivity index (χ4v) is 2.98. The molecule has 0 aromatic heterocycles. The molecule has 0 aromatic rings. The molecular weight excluding hydrogens is 433 g/mol. The van der Waals surface area contributed by atoms with E-state index in [1.807, 2.05) is 0 Å². The smallest absolute Gasteiger partial charge is 0.408 e. The molecule has 5 nitrogen and oxygen atoms in total. The second-order valence-electron chi connectivity index (χ2n) is 7.26. The fourth-order valence-electron chi connectivity index (χ4n) is 2.45. The Kier molecular flexibility index (Phi) is 14.3. The number of hydrogen-bond acceptors (Lipinski definition) is 4. The van der Waals surface area contributed by atoms with Crippen molar-refractivity contribution in [3.05, 3.63) is 0 Å². The van der Waals surface area contributed by atoms with Gasteiger partial charge in [0.2, 0.25) is 0 Å². The summed E-state index contributed by atoms with van der Waals surface area (Å²) in [6.07, 6.45) is 9.64. The van der Waals surface area contributed by atoms with E-state index in [0.717, 1.165) is 12.8 Å². The Hall–Kier alpha value is -0.530. The number of rotatable bonds is 13. The summed E-state index contributed by atoms with van der Waals surface area (Å²) in [6.45, 7) is 7.47. The van der Waals surface area contributed by atoms with E-state index in [2.05, 4.69) is 27.9 Å². The van der Waals surface area contributed by atoms with Gasteiger partial charge in [-0.05, 0) is 45.0 Å². The van der Waals surface area contributed by atoms with Crippen molar-refractivity contribution in [2.24, 2.45) is 0 Å². The molecule has 1 atom stereocenters. The number of esters is 1. The van der Waals surface area contributed by atoms with Gasteiger partial charge in [-0.2, -0.15) is 0 Å². The molecule has 0 fully saturated rings. The van der Waals surface area contributed by atoms with E-state index in [-0.39, 0.29) is 5.97 Å². The van der Waals surface area contributed by atoms with Gasteiger partial charge in [-0.3, -0.25) is 0 Å². The van der Waals surface area contributed by atoms with E-state index in [1.165, 1.54) is 43.0 Å². The molecule has 6 heteroatoms. The van der Waals surface area contributed by atoms with Gasteiger partial charge in [0, 0.05) is 0 Å². The van der Waals surface area contributed by atoms with Crippen LogP contribution in [0.1, 0.15) is 85.5 Å². The third-order valence-electron chi connectivity index (χ3n) is 3.64. The van der Waals surface area contributed by atoms with Crippen LogP contribution < -0.4 is 5.32 Å². The Morgan fingerprint density at radius 3 is 1.96 bits per heavy atom. The van der Waals surface area contributed by atoms with Crippen LogP contribution >= 0.6 is 22.6 Å². The highest BCUT2D eigenvalue weighted by Gasteiger charge is 2.24. The average molecular weight is 469 g/mol. The van der Waals surface area contributed by atoms with Gasteiger partial charge in [0.15, 0.2) is 0 Å². The molecule has 0 radical (unpaired) electrons. The Balaban J connectivity index is 4.07. The average Bonchev–Trinajstić information content (AvgIpc) is 2.50. The van der Waals surface area contributed by atoms with E-state index in [9.17, 15) is 9.59 Å². The summed E-state index contributed by atoms with van der Waals surface area (Å²) >= 11 is 2.42. The predicted molar refractivity (Wildman–Crippen MR) is 110 cm³/mol. The van der Waals surface area contributed by atoms with Crippen molar-refractivity contribution in [3.63, 3.8) is 0 Å². The third kappa shape index (κ3) is 15.4. The Morgan fingerprint density at radius 2 is 1.48 bits per heavy atom. The summed E-state index contributed by atoms with van der Waals surface area (Å²) in [4.78, 5) is 23.9. The number of carbonyl (C=O) groups is 2. The highest BCUT2D eigenvalue weighted by Crippen LogP contribution is 2.13. The topological polar surface area (TPSA) is 64.6 Å². The number of halogens is 1. The fraction of sp³-hybridized carbons (Fsp3) is 0.895.